The maximum absolute atomic E-state index is 12.4. The van der Waals surface area contributed by atoms with Gasteiger partial charge in [0.1, 0.15) is 0 Å². The fourth-order valence-electron chi connectivity index (χ4n) is 2.20. The van der Waals surface area contributed by atoms with E-state index < -0.39 is 15.6 Å². The van der Waals surface area contributed by atoms with Crippen LogP contribution in [0.2, 0.25) is 0 Å². The first-order valence-electron chi connectivity index (χ1n) is 6.64. The number of aromatic amines is 1. The lowest BCUT2D eigenvalue weighted by atomic mass is 10.0. The molecule has 1 fully saturated rings. The Bertz CT molecular complexity index is 532. The van der Waals surface area contributed by atoms with Crippen LogP contribution in [0.3, 0.4) is 0 Å². The number of aromatic nitrogens is 2. The molecule has 0 bridgehead atoms. The van der Waals surface area contributed by atoms with Crippen molar-refractivity contribution < 1.29 is 8.42 Å². The van der Waals surface area contributed by atoms with Gasteiger partial charge in [-0.05, 0) is 39.2 Å². The summed E-state index contributed by atoms with van der Waals surface area (Å²) in [6.45, 7) is 7.12. The molecule has 1 aliphatic carbocycles. The van der Waals surface area contributed by atoms with Crippen LogP contribution in [0.1, 0.15) is 39.2 Å². The third-order valence-corrected chi connectivity index (χ3v) is 5.19. The molecule has 0 aromatic carbocycles. The molecule has 1 aliphatic rings. The number of nitrogens with zero attached hydrogens (tertiary/aromatic N) is 1. The van der Waals surface area contributed by atoms with Gasteiger partial charge in [-0.1, -0.05) is 6.92 Å². The summed E-state index contributed by atoms with van der Waals surface area (Å²) in [5, 5.41) is 9.72. The average molecular weight is 286 g/mol. The van der Waals surface area contributed by atoms with Gasteiger partial charge in [-0.3, -0.25) is 5.10 Å². The number of rotatable bonds is 7. The Balaban J connectivity index is 2.17. The topological polar surface area (TPSA) is 86.9 Å². The SMILES string of the molecule is CCNCc1cn[nH]c1S(=O)(=O)NC(C)(C)C1CC1. The zero-order chi connectivity index (χ0) is 14.1. The van der Waals surface area contributed by atoms with Crippen LogP contribution in [0.15, 0.2) is 11.2 Å². The van der Waals surface area contributed by atoms with E-state index in [1.165, 1.54) is 0 Å². The highest BCUT2D eigenvalue weighted by molar-refractivity contribution is 7.89. The van der Waals surface area contributed by atoms with Gasteiger partial charge in [0.25, 0.3) is 10.0 Å². The van der Waals surface area contributed by atoms with Crippen LogP contribution < -0.4 is 10.0 Å². The van der Waals surface area contributed by atoms with Gasteiger partial charge in [0.2, 0.25) is 0 Å². The number of hydrogen-bond acceptors (Lipinski definition) is 4. The summed E-state index contributed by atoms with van der Waals surface area (Å²) in [5.74, 6) is 0.433. The van der Waals surface area contributed by atoms with Crippen molar-refractivity contribution in [2.45, 2.75) is 50.7 Å². The quantitative estimate of drug-likeness (QED) is 0.697. The number of nitrogens with one attached hydrogen (secondary N) is 3. The molecule has 1 aromatic rings. The summed E-state index contributed by atoms with van der Waals surface area (Å²) in [7, 11) is -3.55. The summed E-state index contributed by atoms with van der Waals surface area (Å²) < 4.78 is 27.6. The standard InChI is InChI=1S/C12H22N4O2S/c1-4-13-7-9-8-14-15-11(9)19(17,18)16-12(2,3)10-5-6-10/h8,10,13,16H,4-7H2,1-3H3,(H,14,15). The zero-order valence-corrected chi connectivity index (χ0v) is 12.5. The minimum atomic E-state index is -3.55. The zero-order valence-electron chi connectivity index (χ0n) is 11.7. The Labute approximate surface area is 114 Å². The lowest BCUT2D eigenvalue weighted by molar-refractivity contribution is 0.399. The highest BCUT2D eigenvalue weighted by Crippen LogP contribution is 2.39. The molecule has 0 spiro atoms. The minimum Gasteiger partial charge on any atom is -0.313 e. The smallest absolute Gasteiger partial charge is 0.258 e. The molecule has 2 rings (SSSR count). The van der Waals surface area contributed by atoms with Crippen molar-refractivity contribution in [1.29, 1.82) is 0 Å². The van der Waals surface area contributed by atoms with E-state index >= 15 is 0 Å². The largest absolute Gasteiger partial charge is 0.313 e. The van der Waals surface area contributed by atoms with E-state index in [0.717, 1.165) is 19.4 Å². The molecule has 0 amide bonds. The van der Waals surface area contributed by atoms with Crippen molar-refractivity contribution in [2.24, 2.45) is 5.92 Å². The van der Waals surface area contributed by atoms with Crippen LogP contribution in [0.5, 0.6) is 0 Å². The van der Waals surface area contributed by atoms with Crippen molar-refractivity contribution in [2.75, 3.05) is 6.54 Å². The Kier molecular flexibility index (Phi) is 3.98. The number of sulfonamides is 1. The van der Waals surface area contributed by atoms with Crippen LogP contribution in [0.25, 0.3) is 0 Å². The van der Waals surface area contributed by atoms with Crippen molar-refractivity contribution in [1.82, 2.24) is 20.2 Å². The van der Waals surface area contributed by atoms with E-state index in [0.29, 0.717) is 18.0 Å². The Hall–Kier alpha value is -0.920. The molecular formula is C12H22N4O2S. The van der Waals surface area contributed by atoms with Crippen molar-refractivity contribution >= 4 is 10.0 Å². The summed E-state index contributed by atoms with van der Waals surface area (Å²) in [5.41, 5.74) is 0.264. The van der Waals surface area contributed by atoms with Crippen molar-refractivity contribution in [3.05, 3.63) is 11.8 Å². The molecule has 1 aromatic heterocycles. The Morgan fingerprint density at radius 2 is 2.16 bits per heavy atom. The van der Waals surface area contributed by atoms with Gasteiger partial charge in [0.05, 0.1) is 6.20 Å². The molecule has 19 heavy (non-hydrogen) atoms. The van der Waals surface area contributed by atoms with Crippen molar-refractivity contribution in [3.8, 4) is 0 Å². The average Bonchev–Trinajstić information content (AvgIpc) is 3.05. The maximum atomic E-state index is 12.4. The van der Waals surface area contributed by atoms with Crippen LogP contribution in [-0.4, -0.2) is 30.7 Å². The number of hydrogen-bond donors (Lipinski definition) is 3. The lowest BCUT2D eigenvalue weighted by Crippen LogP contribution is -2.45. The fourth-order valence-corrected chi connectivity index (χ4v) is 3.81. The summed E-state index contributed by atoms with van der Waals surface area (Å²) in [6.07, 6.45) is 3.73. The van der Waals surface area contributed by atoms with E-state index in [1.54, 1.807) is 6.20 Å². The molecule has 108 valence electrons. The summed E-state index contributed by atoms with van der Waals surface area (Å²) in [4.78, 5) is 0. The predicted molar refractivity (Wildman–Crippen MR) is 73.1 cm³/mol. The highest BCUT2D eigenvalue weighted by Gasteiger charge is 2.41. The molecule has 0 aliphatic heterocycles. The molecule has 0 unspecified atom stereocenters. The molecule has 3 N–H and O–H groups in total. The van der Waals surface area contributed by atoms with Crippen molar-refractivity contribution in [3.63, 3.8) is 0 Å². The first-order chi connectivity index (χ1) is 8.87. The molecule has 6 nitrogen and oxygen atoms in total. The fraction of sp³-hybridized carbons (Fsp3) is 0.750. The number of H-pyrrole nitrogens is 1. The van der Waals surface area contributed by atoms with E-state index in [1.807, 2.05) is 20.8 Å². The van der Waals surface area contributed by atoms with Crippen LogP contribution in [0.4, 0.5) is 0 Å². The first-order valence-corrected chi connectivity index (χ1v) is 8.12. The first kappa shape index (κ1) is 14.5. The van der Waals surface area contributed by atoms with Crippen LogP contribution in [0, 0.1) is 5.92 Å². The molecule has 1 heterocycles. The second-order valence-corrected chi connectivity index (χ2v) is 7.23. The van der Waals surface area contributed by atoms with Gasteiger partial charge in [-0.25, -0.2) is 13.1 Å². The van der Waals surface area contributed by atoms with Gasteiger partial charge < -0.3 is 5.32 Å². The third-order valence-electron chi connectivity index (χ3n) is 3.51. The molecular weight excluding hydrogens is 264 g/mol. The van der Waals surface area contributed by atoms with Crippen LogP contribution >= 0.6 is 0 Å². The summed E-state index contributed by atoms with van der Waals surface area (Å²) in [6, 6.07) is 0. The third kappa shape index (κ3) is 3.34. The van der Waals surface area contributed by atoms with Gasteiger partial charge in [0, 0.05) is 17.6 Å². The second kappa shape index (κ2) is 5.22. The van der Waals surface area contributed by atoms with Gasteiger partial charge in [0.15, 0.2) is 5.03 Å². The van der Waals surface area contributed by atoms with E-state index in [9.17, 15) is 8.42 Å². The normalized spacial score (nSPS) is 16.8. The second-order valence-electron chi connectivity index (χ2n) is 5.61. The van der Waals surface area contributed by atoms with E-state index in [2.05, 4.69) is 20.2 Å². The Morgan fingerprint density at radius 1 is 1.47 bits per heavy atom. The molecule has 7 heteroatoms. The predicted octanol–water partition coefficient (Wildman–Crippen LogP) is 0.986. The molecule has 0 radical (unpaired) electrons. The monoisotopic (exact) mass is 286 g/mol. The lowest BCUT2D eigenvalue weighted by Gasteiger charge is -2.25. The van der Waals surface area contributed by atoms with E-state index in [4.69, 9.17) is 0 Å². The van der Waals surface area contributed by atoms with Gasteiger partial charge in [-0.15, -0.1) is 0 Å². The molecule has 0 atom stereocenters. The van der Waals surface area contributed by atoms with Gasteiger partial charge in [-0.2, -0.15) is 5.10 Å². The minimum absolute atomic E-state index is 0.169. The van der Waals surface area contributed by atoms with Crippen LogP contribution in [-0.2, 0) is 16.6 Å². The maximum Gasteiger partial charge on any atom is 0.258 e. The molecule has 1 saturated carbocycles. The Morgan fingerprint density at radius 3 is 2.74 bits per heavy atom. The van der Waals surface area contributed by atoms with Gasteiger partial charge >= 0.3 is 0 Å². The highest BCUT2D eigenvalue weighted by atomic mass is 32.2. The summed E-state index contributed by atoms with van der Waals surface area (Å²) >= 11 is 0. The molecule has 0 saturated heterocycles. The van der Waals surface area contributed by atoms with E-state index in [-0.39, 0.29) is 5.03 Å².